The van der Waals surface area contributed by atoms with E-state index in [9.17, 15) is 9.59 Å². The fourth-order valence-corrected chi connectivity index (χ4v) is 3.76. The molecule has 1 saturated heterocycles. The van der Waals surface area contributed by atoms with Gasteiger partial charge in [-0.2, -0.15) is 0 Å². The first-order chi connectivity index (χ1) is 12.9. The van der Waals surface area contributed by atoms with E-state index in [1.54, 1.807) is 6.20 Å². The SMILES string of the molecule is Cc1nc(C(C)C)ncc1C(=O)N[C@@H]1CC[C@H](C(=O)NC2CCOCC2)C1. The van der Waals surface area contributed by atoms with Crippen LogP contribution in [0.4, 0.5) is 0 Å². The Morgan fingerprint density at radius 3 is 2.52 bits per heavy atom. The standard InChI is InChI=1S/C20H30N4O3/c1-12(2)18-21-11-17(13(3)22-18)20(26)24-16-5-4-14(10-16)19(25)23-15-6-8-27-9-7-15/h11-12,14-16H,4-10H2,1-3H3,(H,23,25)(H,24,26)/t14-,16+/m0/s1. The predicted octanol–water partition coefficient (Wildman–Crippen LogP) is 2.10. The van der Waals surface area contributed by atoms with Crippen molar-refractivity contribution in [3.8, 4) is 0 Å². The van der Waals surface area contributed by atoms with E-state index in [4.69, 9.17) is 4.74 Å². The fraction of sp³-hybridized carbons (Fsp3) is 0.700. The quantitative estimate of drug-likeness (QED) is 0.823. The molecular weight excluding hydrogens is 344 g/mol. The highest BCUT2D eigenvalue weighted by atomic mass is 16.5. The average Bonchev–Trinajstić information content (AvgIpc) is 3.11. The molecule has 148 valence electrons. The van der Waals surface area contributed by atoms with Gasteiger partial charge in [0.25, 0.3) is 5.91 Å². The second-order valence-corrected chi connectivity index (χ2v) is 7.96. The Hall–Kier alpha value is -2.02. The number of aryl methyl sites for hydroxylation is 1. The maximum atomic E-state index is 12.6. The van der Waals surface area contributed by atoms with Crippen molar-refractivity contribution < 1.29 is 14.3 Å². The molecular formula is C20H30N4O3. The molecule has 2 amide bonds. The van der Waals surface area contributed by atoms with Gasteiger partial charge in [0.2, 0.25) is 5.91 Å². The first kappa shape index (κ1) is 19.7. The Morgan fingerprint density at radius 2 is 1.85 bits per heavy atom. The number of carbonyl (C=O) groups is 2. The van der Waals surface area contributed by atoms with Gasteiger partial charge in [0.1, 0.15) is 5.82 Å². The van der Waals surface area contributed by atoms with E-state index in [1.807, 2.05) is 20.8 Å². The van der Waals surface area contributed by atoms with Crippen molar-refractivity contribution in [2.75, 3.05) is 13.2 Å². The van der Waals surface area contributed by atoms with Crippen LogP contribution in [0.2, 0.25) is 0 Å². The van der Waals surface area contributed by atoms with E-state index in [2.05, 4.69) is 20.6 Å². The third-order valence-corrected chi connectivity index (χ3v) is 5.47. The topological polar surface area (TPSA) is 93.2 Å². The summed E-state index contributed by atoms with van der Waals surface area (Å²) in [5.74, 6) is 0.900. The average molecular weight is 374 g/mol. The second kappa shape index (κ2) is 8.78. The lowest BCUT2D eigenvalue weighted by Gasteiger charge is -2.24. The summed E-state index contributed by atoms with van der Waals surface area (Å²) in [5.41, 5.74) is 1.20. The molecule has 3 rings (SSSR count). The Morgan fingerprint density at radius 1 is 1.11 bits per heavy atom. The molecule has 1 saturated carbocycles. The minimum Gasteiger partial charge on any atom is -0.381 e. The monoisotopic (exact) mass is 374 g/mol. The lowest BCUT2D eigenvalue weighted by atomic mass is 10.0. The lowest BCUT2D eigenvalue weighted by Crippen LogP contribution is -2.42. The first-order valence-electron chi connectivity index (χ1n) is 9.96. The highest BCUT2D eigenvalue weighted by Gasteiger charge is 2.32. The molecule has 0 aromatic carbocycles. The van der Waals surface area contributed by atoms with Crippen LogP contribution in [0.1, 0.15) is 73.7 Å². The van der Waals surface area contributed by atoms with Gasteiger partial charge in [0, 0.05) is 43.3 Å². The van der Waals surface area contributed by atoms with E-state index in [0.29, 0.717) is 30.9 Å². The molecule has 1 aromatic rings. The highest BCUT2D eigenvalue weighted by Crippen LogP contribution is 2.26. The molecule has 0 radical (unpaired) electrons. The Kier molecular flexibility index (Phi) is 6.42. The summed E-state index contributed by atoms with van der Waals surface area (Å²) < 4.78 is 5.33. The third kappa shape index (κ3) is 5.03. The molecule has 2 aliphatic rings. The maximum Gasteiger partial charge on any atom is 0.254 e. The van der Waals surface area contributed by atoms with Gasteiger partial charge in [-0.1, -0.05) is 13.8 Å². The zero-order valence-corrected chi connectivity index (χ0v) is 16.5. The molecule has 27 heavy (non-hydrogen) atoms. The third-order valence-electron chi connectivity index (χ3n) is 5.47. The van der Waals surface area contributed by atoms with Crippen LogP contribution in [-0.2, 0) is 9.53 Å². The van der Waals surface area contributed by atoms with Gasteiger partial charge in [-0.25, -0.2) is 9.97 Å². The van der Waals surface area contributed by atoms with Crippen LogP contribution < -0.4 is 10.6 Å². The van der Waals surface area contributed by atoms with E-state index in [0.717, 1.165) is 31.5 Å². The molecule has 2 N–H and O–H groups in total. The van der Waals surface area contributed by atoms with Crippen LogP contribution in [0.15, 0.2) is 6.20 Å². The van der Waals surface area contributed by atoms with Crippen molar-refractivity contribution in [1.29, 1.82) is 0 Å². The zero-order chi connectivity index (χ0) is 19.4. The largest absolute Gasteiger partial charge is 0.381 e. The summed E-state index contributed by atoms with van der Waals surface area (Å²) in [6, 6.07) is 0.242. The highest BCUT2D eigenvalue weighted by molar-refractivity contribution is 5.95. The fourth-order valence-electron chi connectivity index (χ4n) is 3.76. The second-order valence-electron chi connectivity index (χ2n) is 7.96. The summed E-state index contributed by atoms with van der Waals surface area (Å²) >= 11 is 0. The Balaban J connectivity index is 1.51. The Labute approximate surface area is 160 Å². The van der Waals surface area contributed by atoms with Gasteiger partial charge >= 0.3 is 0 Å². The number of amides is 2. The molecule has 0 spiro atoms. The van der Waals surface area contributed by atoms with Crippen LogP contribution in [0, 0.1) is 12.8 Å². The van der Waals surface area contributed by atoms with Crippen LogP contribution in [0.25, 0.3) is 0 Å². The number of aromatic nitrogens is 2. The van der Waals surface area contributed by atoms with Crippen molar-refractivity contribution in [2.24, 2.45) is 5.92 Å². The van der Waals surface area contributed by atoms with E-state index >= 15 is 0 Å². The van der Waals surface area contributed by atoms with Gasteiger partial charge in [0.15, 0.2) is 0 Å². The van der Waals surface area contributed by atoms with Gasteiger partial charge < -0.3 is 15.4 Å². The van der Waals surface area contributed by atoms with Crippen molar-refractivity contribution in [3.63, 3.8) is 0 Å². The van der Waals surface area contributed by atoms with E-state index in [-0.39, 0.29) is 35.7 Å². The first-order valence-corrected chi connectivity index (χ1v) is 9.96. The zero-order valence-electron chi connectivity index (χ0n) is 16.5. The molecule has 7 nitrogen and oxygen atoms in total. The van der Waals surface area contributed by atoms with Gasteiger partial charge in [-0.15, -0.1) is 0 Å². The van der Waals surface area contributed by atoms with Crippen molar-refractivity contribution >= 4 is 11.8 Å². The number of hydrogen-bond acceptors (Lipinski definition) is 5. The minimum absolute atomic E-state index is 0.0205. The molecule has 1 aliphatic heterocycles. The summed E-state index contributed by atoms with van der Waals surface area (Å²) in [5, 5.41) is 6.19. The molecule has 1 aliphatic carbocycles. The van der Waals surface area contributed by atoms with Crippen molar-refractivity contribution in [1.82, 2.24) is 20.6 Å². The summed E-state index contributed by atoms with van der Waals surface area (Å²) in [4.78, 5) is 33.8. The lowest BCUT2D eigenvalue weighted by molar-refractivity contribution is -0.126. The number of carbonyl (C=O) groups excluding carboxylic acids is 2. The summed E-state index contributed by atoms with van der Waals surface area (Å²) in [7, 11) is 0. The van der Waals surface area contributed by atoms with E-state index < -0.39 is 0 Å². The predicted molar refractivity (Wildman–Crippen MR) is 101 cm³/mol. The summed E-state index contributed by atoms with van der Waals surface area (Å²) in [6.07, 6.45) is 5.68. The van der Waals surface area contributed by atoms with Gasteiger partial charge in [0.05, 0.1) is 11.3 Å². The van der Waals surface area contributed by atoms with Crippen molar-refractivity contribution in [3.05, 3.63) is 23.3 Å². The minimum atomic E-state index is -0.154. The number of ether oxygens (including phenoxy) is 1. The normalized spacial score (nSPS) is 23.4. The number of nitrogens with zero attached hydrogens (tertiary/aromatic N) is 2. The molecule has 2 fully saturated rings. The molecule has 1 aromatic heterocycles. The Bertz CT molecular complexity index is 686. The van der Waals surface area contributed by atoms with Gasteiger partial charge in [-0.3, -0.25) is 9.59 Å². The smallest absolute Gasteiger partial charge is 0.254 e. The number of nitrogens with one attached hydrogen (secondary N) is 2. The molecule has 2 heterocycles. The number of rotatable bonds is 5. The van der Waals surface area contributed by atoms with Crippen LogP contribution >= 0.6 is 0 Å². The maximum absolute atomic E-state index is 12.6. The van der Waals surface area contributed by atoms with Gasteiger partial charge in [-0.05, 0) is 39.0 Å². The summed E-state index contributed by atoms with van der Waals surface area (Å²) in [6.45, 7) is 7.31. The van der Waals surface area contributed by atoms with Crippen LogP contribution in [0.5, 0.6) is 0 Å². The number of hydrogen-bond donors (Lipinski definition) is 2. The van der Waals surface area contributed by atoms with Crippen LogP contribution in [0.3, 0.4) is 0 Å². The van der Waals surface area contributed by atoms with Crippen molar-refractivity contribution in [2.45, 2.75) is 70.9 Å². The molecule has 7 heteroatoms. The van der Waals surface area contributed by atoms with E-state index in [1.165, 1.54) is 0 Å². The van der Waals surface area contributed by atoms with Crippen LogP contribution in [-0.4, -0.2) is 47.1 Å². The molecule has 0 unspecified atom stereocenters. The molecule has 0 bridgehead atoms. The molecule has 2 atom stereocenters.